The Morgan fingerprint density at radius 2 is 1.97 bits per heavy atom. The maximum Gasteiger partial charge on any atom is 0.417 e. The zero-order valence-corrected chi connectivity index (χ0v) is 19.1. The SMILES string of the molecule is C[SH+]Cc1cc(N2CCOC[C@@H]2C)nc(-c2ccc(NC(=O)Oc3ccccc3)cc2)n1. The van der Waals surface area contributed by atoms with Crippen LogP contribution in [0.2, 0.25) is 0 Å². The highest BCUT2D eigenvalue weighted by molar-refractivity contribution is 7.76. The van der Waals surface area contributed by atoms with Crippen LogP contribution in [0.25, 0.3) is 11.4 Å². The number of rotatable bonds is 6. The molecule has 2 heterocycles. The molecule has 7 nitrogen and oxygen atoms in total. The van der Waals surface area contributed by atoms with Crippen molar-refractivity contribution in [3.8, 4) is 17.1 Å². The van der Waals surface area contributed by atoms with E-state index in [1.165, 1.54) is 11.8 Å². The summed E-state index contributed by atoms with van der Waals surface area (Å²) in [7, 11) is 0. The largest absolute Gasteiger partial charge is 0.417 e. The molecule has 1 N–H and O–H groups in total. The fourth-order valence-electron chi connectivity index (χ4n) is 3.51. The predicted molar refractivity (Wildman–Crippen MR) is 130 cm³/mol. The Morgan fingerprint density at radius 3 is 2.69 bits per heavy atom. The number of thiol groups is 1. The molecule has 3 aromatic rings. The monoisotopic (exact) mass is 451 g/mol. The standard InChI is InChI=1S/C24H26N4O3S/c1-17-15-30-13-12-28(17)22-14-20(16-32-2)25-23(27-22)18-8-10-19(11-9-18)26-24(29)31-21-6-4-3-5-7-21/h3-11,14,17H,12-13,15-16H2,1-2H3,(H,26,29)/p+1/t17-/m0/s1. The van der Waals surface area contributed by atoms with Gasteiger partial charge < -0.3 is 14.4 Å². The van der Waals surface area contributed by atoms with Crippen molar-refractivity contribution < 1.29 is 14.3 Å². The number of morpholine rings is 1. The van der Waals surface area contributed by atoms with Gasteiger partial charge in [-0.3, -0.25) is 5.32 Å². The fraction of sp³-hybridized carbons (Fsp3) is 0.292. The summed E-state index contributed by atoms with van der Waals surface area (Å²) in [6.07, 6.45) is 1.58. The molecule has 32 heavy (non-hydrogen) atoms. The van der Waals surface area contributed by atoms with E-state index in [2.05, 4.69) is 29.5 Å². The quantitative estimate of drug-likeness (QED) is 0.452. The molecular weight excluding hydrogens is 424 g/mol. The zero-order chi connectivity index (χ0) is 22.3. The number of anilines is 2. The molecule has 1 aliphatic rings. The van der Waals surface area contributed by atoms with Crippen molar-refractivity contribution in [2.75, 3.05) is 36.2 Å². The summed E-state index contributed by atoms with van der Waals surface area (Å²) in [6, 6.07) is 18.8. The molecule has 166 valence electrons. The summed E-state index contributed by atoms with van der Waals surface area (Å²) in [5.74, 6) is 2.97. The van der Waals surface area contributed by atoms with Crippen LogP contribution in [0.1, 0.15) is 12.6 Å². The first-order valence-corrected chi connectivity index (χ1v) is 12.1. The van der Waals surface area contributed by atoms with Crippen molar-refractivity contribution in [1.29, 1.82) is 0 Å². The van der Waals surface area contributed by atoms with E-state index in [4.69, 9.17) is 19.4 Å². The highest BCUT2D eigenvalue weighted by Crippen LogP contribution is 2.24. The fourth-order valence-corrected chi connectivity index (χ4v) is 4.00. The molecule has 4 rings (SSSR count). The maximum atomic E-state index is 12.1. The molecule has 0 radical (unpaired) electrons. The lowest BCUT2D eigenvalue weighted by Crippen LogP contribution is -2.44. The first kappa shape index (κ1) is 22.1. The van der Waals surface area contributed by atoms with Crippen LogP contribution in [0.5, 0.6) is 5.75 Å². The Hall–Kier alpha value is -3.10. The third kappa shape index (κ3) is 5.57. The van der Waals surface area contributed by atoms with Crippen LogP contribution in [0.4, 0.5) is 16.3 Å². The second-order valence-electron chi connectivity index (χ2n) is 7.54. The van der Waals surface area contributed by atoms with E-state index in [1.54, 1.807) is 12.1 Å². The minimum Gasteiger partial charge on any atom is -0.410 e. The van der Waals surface area contributed by atoms with Gasteiger partial charge in [0.2, 0.25) is 0 Å². The Labute approximate surface area is 192 Å². The van der Waals surface area contributed by atoms with E-state index in [0.717, 1.165) is 29.4 Å². The van der Waals surface area contributed by atoms with Gasteiger partial charge in [-0.1, -0.05) is 18.2 Å². The van der Waals surface area contributed by atoms with Gasteiger partial charge in [0, 0.05) is 23.9 Å². The van der Waals surface area contributed by atoms with Crippen LogP contribution in [-0.2, 0) is 22.3 Å². The van der Waals surface area contributed by atoms with Crippen LogP contribution >= 0.6 is 0 Å². The van der Waals surface area contributed by atoms with Gasteiger partial charge in [0.05, 0.1) is 31.2 Å². The van der Waals surface area contributed by atoms with Gasteiger partial charge in [-0.05, 0) is 55.1 Å². The Balaban J connectivity index is 1.51. The normalized spacial score (nSPS) is 15.9. The minimum absolute atomic E-state index is 0.265. The van der Waals surface area contributed by atoms with Gasteiger partial charge in [0.15, 0.2) is 5.82 Å². The van der Waals surface area contributed by atoms with Crippen LogP contribution < -0.4 is 15.0 Å². The van der Waals surface area contributed by atoms with Crippen molar-refractivity contribution in [3.05, 3.63) is 66.4 Å². The molecule has 0 bridgehead atoms. The number of hydrogen-bond acceptors (Lipinski definition) is 6. The molecular formula is C24H27N4O3S+. The lowest BCUT2D eigenvalue weighted by atomic mass is 10.2. The first-order chi connectivity index (χ1) is 15.6. The average molecular weight is 452 g/mol. The number of para-hydroxylation sites is 1. The maximum absolute atomic E-state index is 12.1. The van der Waals surface area contributed by atoms with E-state index in [-0.39, 0.29) is 6.04 Å². The van der Waals surface area contributed by atoms with E-state index < -0.39 is 6.09 Å². The van der Waals surface area contributed by atoms with Crippen LogP contribution in [-0.4, -0.2) is 48.1 Å². The lowest BCUT2D eigenvalue weighted by molar-refractivity contribution is 0.0985. The number of carbonyl (C=O) groups is 1. The summed E-state index contributed by atoms with van der Waals surface area (Å²) in [4.78, 5) is 24.0. The summed E-state index contributed by atoms with van der Waals surface area (Å²) in [6.45, 7) is 4.35. The molecule has 1 aliphatic heterocycles. The second-order valence-corrected chi connectivity index (χ2v) is 8.49. The van der Waals surface area contributed by atoms with Crippen molar-refractivity contribution in [3.63, 3.8) is 0 Å². The summed E-state index contributed by atoms with van der Waals surface area (Å²) in [5, 5.41) is 2.74. The van der Waals surface area contributed by atoms with Crippen LogP contribution in [0, 0.1) is 0 Å². The van der Waals surface area contributed by atoms with Crippen LogP contribution in [0.15, 0.2) is 60.7 Å². The van der Waals surface area contributed by atoms with E-state index in [9.17, 15) is 4.79 Å². The van der Waals surface area contributed by atoms with E-state index in [0.29, 0.717) is 30.5 Å². The second kappa shape index (κ2) is 10.5. The molecule has 0 spiro atoms. The van der Waals surface area contributed by atoms with Gasteiger partial charge in [-0.2, -0.15) is 0 Å². The van der Waals surface area contributed by atoms with Gasteiger partial charge in [0.1, 0.15) is 17.3 Å². The molecule has 2 aromatic carbocycles. The Bertz CT molecular complexity index is 1050. The zero-order valence-electron chi connectivity index (χ0n) is 18.2. The highest BCUT2D eigenvalue weighted by atomic mass is 32.2. The van der Waals surface area contributed by atoms with Crippen molar-refractivity contribution in [1.82, 2.24) is 9.97 Å². The minimum atomic E-state index is -0.534. The summed E-state index contributed by atoms with van der Waals surface area (Å²) >= 11 is 1.25. The summed E-state index contributed by atoms with van der Waals surface area (Å²) < 4.78 is 10.9. The van der Waals surface area contributed by atoms with E-state index in [1.807, 2.05) is 42.5 Å². The lowest BCUT2D eigenvalue weighted by Gasteiger charge is -2.34. The number of ether oxygens (including phenoxy) is 2. The number of hydrogen-bond donors (Lipinski definition) is 1. The third-order valence-electron chi connectivity index (χ3n) is 5.09. The molecule has 0 aliphatic carbocycles. The number of amides is 1. The molecule has 0 unspecified atom stereocenters. The number of nitrogens with one attached hydrogen (secondary N) is 1. The van der Waals surface area contributed by atoms with Crippen molar-refractivity contribution in [2.24, 2.45) is 0 Å². The van der Waals surface area contributed by atoms with Crippen molar-refractivity contribution in [2.45, 2.75) is 18.7 Å². The number of benzene rings is 2. The smallest absolute Gasteiger partial charge is 0.410 e. The van der Waals surface area contributed by atoms with Crippen molar-refractivity contribution >= 4 is 29.4 Å². The Morgan fingerprint density at radius 1 is 1.19 bits per heavy atom. The number of aromatic nitrogens is 2. The van der Waals surface area contributed by atoms with Gasteiger partial charge >= 0.3 is 6.09 Å². The molecule has 1 fully saturated rings. The number of nitrogens with zero attached hydrogens (tertiary/aromatic N) is 3. The molecule has 1 saturated heterocycles. The number of carbonyl (C=O) groups excluding carboxylic acids is 1. The van der Waals surface area contributed by atoms with Gasteiger partial charge in [-0.25, -0.2) is 14.8 Å². The Kier molecular flexibility index (Phi) is 7.24. The molecule has 1 aromatic heterocycles. The summed E-state index contributed by atoms with van der Waals surface area (Å²) in [5.41, 5.74) is 2.55. The molecule has 1 amide bonds. The topological polar surface area (TPSA) is 76.6 Å². The molecule has 0 saturated carbocycles. The molecule has 8 heteroatoms. The predicted octanol–water partition coefficient (Wildman–Crippen LogP) is 3.92. The van der Waals surface area contributed by atoms with E-state index >= 15 is 0 Å². The molecule has 1 atom stereocenters. The average Bonchev–Trinajstić information content (AvgIpc) is 2.80. The highest BCUT2D eigenvalue weighted by Gasteiger charge is 2.22. The van der Waals surface area contributed by atoms with Gasteiger partial charge in [0.25, 0.3) is 0 Å². The van der Waals surface area contributed by atoms with Gasteiger partial charge in [-0.15, -0.1) is 0 Å². The van der Waals surface area contributed by atoms with Crippen LogP contribution in [0.3, 0.4) is 0 Å². The third-order valence-corrected chi connectivity index (χ3v) is 5.73. The first-order valence-electron chi connectivity index (χ1n) is 10.5.